The molecule has 1 fully saturated rings. The third-order valence-corrected chi connectivity index (χ3v) is 6.56. The third kappa shape index (κ3) is 5.44. The van der Waals surface area contributed by atoms with Crippen LogP contribution in [0.3, 0.4) is 0 Å². The summed E-state index contributed by atoms with van der Waals surface area (Å²) in [5, 5.41) is 7.00. The molecule has 0 atom stereocenters. The van der Waals surface area contributed by atoms with E-state index in [2.05, 4.69) is 59.6 Å². The van der Waals surface area contributed by atoms with Crippen molar-refractivity contribution in [2.45, 2.75) is 64.1 Å². The number of nitrogens with one attached hydrogen (secondary N) is 2. The Morgan fingerprint density at radius 3 is 2.50 bits per heavy atom. The Kier molecular flexibility index (Phi) is 7.26. The number of anilines is 3. The molecule has 2 aromatic heterocycles. The van der Waals surface area contributed by atoms with Crippen LogP contribution in [0.25, 0.3) is 11.2 Å². The SMILES string of the molecule is C=CC(=O)Cc1ccc(Nc2nc(NC3CCC(N(C)C)CC3)nc3c2ncn3C(C)C)cc1. The molecule has 0 saturated heterocycles. The highest BCUT2D eigenvalue weighted by Crippen LogP contribution is 2.28. The summed E-state index contributed by atoms with van der Waals surface area (Å²) in [6.07, 6.45) is 8.07. The van der Waals surface area contributed by atoms with Crippen molar-refractivity contribution in [1.82, 2.24) is 24.4 Å². The summed E-state index contributed by atoms with van der Waals surface area (Å²) in [7, 11) is 4.31. The van der Waals surface area contributed by atoms with Gasteiger partial charge in [0, 0.05) is 30.2 Å². The fourth-order valence-corrected chi connectivity index (χ4v) is 4.48. The van der Waals surface area contributed by atoms with E-state index in [1.807, 2.05) is 30.6 Å². The van der Waals surface area contributed by atoms with Gasteiger partial charge in [-0.25, -0.2) is 4.98 Å². The van der Waals surface area contributed by atoms with Crippen LogP contribution < -0.4 is 10.6 Å². The lowest BCUT2D eigenvalue weighted by molar-refractivity contribution is -0.114. The number of nitrogens with zero attached hydrogens (tertiary/aromatic N) is 5. The van der Waals surface area contributed by atoms with Crippen molar-refractivity contribution in [2.24, 2.45) is 0 Å². The van der Waals surface area contributed by atoms with Crippen LogP contribution in [0.5, 0.6) is 0 Å². The molecule has 34 heavy (non-hydrogen) atoms. The van der Waals surface area contributed by atoms with Crippen molar-refractivity contribution < 1.29 is 4.79 Å². The molecule has 1 aliphatic carbocycles. The van der Waals surface area contributed by atoms with Crippen LogP contribution >= 0.6 is 0 Å². The zero-order chi connectivity index (χ0) is 24.2. The van der Waals surface area contributed by atoms with Crippen LogP contribution in [-0.2, 0) is 11.2 Å². The number of ketones is 1. The maximum atomic E-state index is 11.6. The van der Waals surface area contributed by atoms with Gasteiger partial charge in [0.25, 0.3) is 0 Å². The number of hydrogen-bond acceptors (Lipinski definition) is 7. The van der Waals surface area contributed by atoms with E-state index in [1.165, 1.54) is 18.9 Å². The van der Waals surface area contributed by atoms with Gasteiger partial charge >= 0.3 is 0 Å². The zero-order valence-corrected chi connectivity index (χ0v) is 20.6. The number of rotatable bonds is 9. The Morgan fingerprint density at radius 1 is 1.18 bits per heavy atom. The van der Waals surface area contributed by atoms with Gasteiger partial charge in [-0.1, -0.05) is 18.7 Å². The van der Waals surface area contributed by atoms with Crippen molar-refractivity contribution in [3.8, 4) is 0 Å². The predicted octanol–water partition coefficient (Wildman–Crippen LogP) is 4.73. The topological polar surface area (TPSA) is 88.0 Å². The highest BCUT2D eigenvalue weighted by molar-refractivity contribution is 5.91. The molecule has 8 nitrogen and oxygen atoms in total. The fraction of sp³-hybridized carbons (Fsp3) is 0.462. The maximum absolute atomic E-state index is 11.6. The third-order valence-electron chi connectivity index (χ3n) is 6.56. The van der Waals surface area contributed by atoms with Gasteiger partial charge in [-0.3, -0.25) is 4.79 Å². The van der Waals surface area contributed by atoms with E-state index in [4.69, 9.17) is 9.97 Å². The lowest BCUT2D eigenvalue weighted by Gasteiger charge is -2.33. The number of aromatic nitrogens is 4. The van der Waals surface area contributed by atoms with Gasteiger partial charge in [0.05, 0.1) is 6.33 Å². The van der Waals surface area contributed by atoms with Crippen molar-refractivity contribution >= 4 is 34.4 Å². The van der Waals surface area contributed by atoms with E-state index in [1.54, 1.807) is 0 Å². The lowest BCUT2D eigenvalue weighted by Crippen LogP contribution is -2.36. The Hall–Kier alpha value is -3.26. The van der Waals surface area contributed by atoms with Crippen LogP contribution in [0.2, 0.25) is 0 Å². The Labute approximate surface area is 201 Å². The van der Waals surface area contributed by atoms with E-state index >= 15 is 0 Å². The number of carbonyl (C=O) groups excluding carboxylic acids is 1. The molecule has 180 valence electrons. The van der Waals surface area contributed by atoms with Gasteiger partial charge in [0.2, 0.25) is 5.95 Å². The molecule has 0 spiro atoms. The largest absolute Gasteiger partial charge is 0.351 e. The standard InChI is InChI=1S/C26H35N7O/c1-6-22(34)15-18-7-9-19(10-8-18)28-24-23-25(33(16-27-23)17(2)3)31-26(30-24)29-20-11-13-21(14-12-20)32(4)5/h6-10,16-17,20-21H,1,11-15H2,2-5H3,(H2,28,29,30,31). The van der Waals surface area contributed by atoms with Crippen LogP contribution in [-0.4, -0.2) is 56.4 Å². The van der Waals surface area contributed by atoms with E-state index < -0.39 is 0 Å². The molecule has 0 radical (unpaired) electrons. The summed E-state index contributed by atoms with van der Waals surface area (Å²) >= 11 is 0. The molecule has 2 heterocycles. The minimum absolute atomic E-state index is 0.00720. The number of benzene rings is 1. The Bertz CT molecular complexity index is 1140. The first-order chi connectivity index (χ1) is 16.3. The normalized spacial score (nSPS) is 18.4. The minimum Gasteiger partial charge on any atom is -0.351 e. The molecule has 0 aliphatic heterocycles. The minimum atomic E-state index is 0.00720. The zero-order valence-electron chi connectivity index (χ0n) is 20.6. The molecule has 1 saturated carbocycles. The summed E-state index contributed by atoms with van der Waals surface area (Å²) in [4.78, 5) is 28.2. The Morgan fingerprint density at radius 2 is 1.88 bits per heavy atom. The highest BCUT2D eigenvalue weighted by Gasteiger charge is 2.24. The second-order valence-electron chi connectivity index (χ2n) is 9.60. The van der Waals surface area contributed by atoms with E-state index in [0.29, 0.717) is 30.3 Å². The molecule has 0 amide bonds. The summed E-state index contributed by atoms with van der Waals surface area (Å²) in [6, 6.07) is 9.03. The first-order valence-electron chi connectivity index (χ1n) is 12.0. The molecule has 0 unspecified atom stereocenters. The number of fused-ring (bicyclic) bond motifs is 1. The predicted molar refractivity (Wildman–Crippen MR) is 138 cm³/mol. The maximum Gasteiger partial charge on any atom is 0.227 e. The van der Waals surface area contributed by atoms with Gasteiger partial charge in [-0.15, -0.1) is 0 Å². The first kappa shape index (κ1) is 23.9. The molecular weight excluding hydrogens is 426 g/mol. The van der Waals surface area contributed by atoms with Gasteiger partial charge in [-0.05, 0) is 77.4 Å². The number of carbonyl (C=O) groups is 1. The summed E-state index contributed by atoms with van der Waals surface area (Å²) < 4.78 is 2.07. The fourth-order valence-electron chi connectivity index (χ4n) is 4.48. The molecule has 4 rings (SSSR count). The summed E-state index contributed by atoms with van der Waals surface area (Å²) in [6.45, 7) is 7.78. The number of allylic oxidation sites excluding steroid dienone is 1. The second-order valence-corrected chi connectivity index (χ2v) is 9.60. The monoisotopic (exact) mass is 461 g/mol. The van der Waals surface area contributed by atoms with Gasteiger partial charge < -0.3 is 20.1 Å². The van der Waals surface area contributed by atoms with Gasteiger partial charge in [0.1, 0.15) is 0 Å². The van der Waals surface area contributed by atoms with Gasteiger partial charge in [0.15, 0.2) is 22.8 Å². The highest BCUT2D eigenvalue weighted by atomic mass is 16.1. The van der Waals surface area contributed by atoms with Crippen LogP contribution in [0.15, 0.2) is 43.2 Å². The average molecular weight is 462 g/mol. The average Bonchev–Trinajstić information content (AvgIpc) is 3.25. The lowest BCUT2D eigenvalue weighted by atomic mass is 9.91. The second kappa shape index (κ2) is 10.3. The van der Waals surface area contributed by atoms with Crippen molar-refractivity contribution in [3.63, 3.8) is 0 Å². The van der Waals surface area contributed by atoms with Crippen LogP contribution in [0.1, 0.15) is 51.1 Å². The van der Waals surface area contributed by atoms with Crippen LogP contribution in [0.4, 0.5) is 17.5 Å². The quantitative estimate of drug-likeness (QED) is 0.445. The first-order valence-corrected chi connectivity index (χ1v) is 12.0. The van der Waals surface area contributed by atoms with E-state index in [-0.39, 0.29) is 11.8 Å². The molecule has 1 aliphatic rings. The number of imidazole rings is 1. The van der Waals surface area contributed by atoms with Gasteiger partial charge in [-0.2, -0.15) is 9.97 Å². The van der Waals surface area contributed by atoms with Crippen molar-refractivity contribution in [1.29, 1.82) is 0 Å². The molecule has 0 bridgehead atoms. The van der Waals surface area contributed by atoms with E-state index in [9.17, 15) is 4.79 Å². The summed E-state index contributed by atoms with van der Waals surface area (Å²) in [5.74, 6) is 1.30. The Balaban J connectivity index is 1.58. The molecule has 2 N–H and O–H groups in total. The van der Waals surface area contributed by atoms with Crippen LogP contribution in [0, 0.1) is 0 Å². The smallest absolute Gasteiger partial charge is 0.227 e. The molecule has 3 aromatic rings. The summed E-state index contributed by atoms with van der Waals surface area (Å²) in [5.41, 5.74) is 3.38. The van der Waals surface area contributed by atoms with Crippen molar-refractivity contribution in [2.75, 3.05) is 24.7 Å². The number of hydrogen-bond donors (Lipinski definition) is 2. The van der Waals surface area contributed by atoms with E-state index in [0.717, 1.165) is 35.3 Å². The molecule has 1 aromatic carbocycles. The molecular formula is C26H35N7O. The molecule has 8 heteroatoms. The van der Waals surface area contributed by atoms with Crippen molar-refractivity contribution in [3.05, 3.63) is 48.8 Å².